The second kappa shape index (κ2) is 6.97. The van der Waals surface area contributed by atoms with E-state index in [0.717, 1.165) is 37.4 Å². The van der Waals surface area contributed by atoms with E-state index in [1.54, 1.807) is 0 Å². The molecule has 1 saturated heterocycles. The van der Waals surface area contributed by atoms with Crippen LogP contribution >= 0.6 is 0 Å². The summed E-state index contributed by atoms with van der Waals surface area (Å²) in [5.41, 5.74) is 0.989. The molecule has 3 aromatic rings. The molecule has 1 aromatic carbocycles. The molecule has 0 spiro atoms. The number of nitrogens with one attached hydrogen (secondary N) is 1. The van der Waals surface area contributed by atoms with Crippen molar-refractivity contribution < 1.29 is 4.52 Å². The highest BCUT2D eigenvalue weighted by Gasteiger charge is 2.23. The molecule has 1 aliphatic heterocycles. The van der Waals surface area contributed by atoms with Gasteiger partial charge in [-0.15, -0.1) is 0 Å². The molecule has 6 heteroatoms. The molecule has 6 nitrogen and oxygen atoms in total. The normalized spacial score (nSPS) is 18.8. The van der Waals surface area contributed by atoms with E-state index in [0.29, 0.717) is 17.6 Å². The van der Waals surface area contributed by atoms with Gasteiger partial charge < -0.3 is 14.4 Å². The highest BCUT2D eigenvalue weighted by Crippen LogP contribution is 2.24. The van der Waals surface area contributed by atoms with Crippen molar-refractivity contribution in [2.75, 3.05) is 19.6 Å². The summed E-state index contributed by atoms with van der Waals surface area (Å²) in [5.74, 6) is 2.96. The number of hydrogen-bond donors (Lipinski definition) is 1. The fourth-order valence-corrected chi connectivity index (χ4v) is 3.30. The van der Waals surface area contributed by atoms with Gasteiger partial charge in [0.25, 0.3) is 0 Å². The van der Waals surface area contributed by atoms with E-state index in [4.69, 9.17) is 4.52 Å². The first kappa shape index (κ1) is 15.1. The van der Waals surface area contributed by atoms with Crippen LogP contribution < -0.4 is 0 Å². The molecule has 0 saturated carbocycles. The highest BCUT2D eigenvalue weighted by molar-refractivity contribution is 5.53. The number of H-pyrrole nitrogens is 1. The molecule has 1 aliphatic rings. The molecule has 1 fully saturated rings. The molecule has 1 atom stereocenters. The molecule has 0 bridgehead atoms. The number of piperidine rings is 1. The smallest absolute Gasteiger partial charge is 0.228 e. The third kappa shape index (κ3) is 3.38. The van der Waals surface area contributed by atoms with Gasteiger partial charge >= 0.3 is 0 Å². The molecule has 24 heavy (non-hydrogen) atoms. The van der Waals surface area contributed by atoms with Gasteiger partial charge in [-0.3, -0.25) is 0 Å². The predicted octanol–water partition coefficient (Wildman–Crippen LogP) is 2.88. The summed E-state index contributed by atoms with van der Waals surface area (Å²) < 4.78 is 5.40. The van der Waals surface area contributed by atoms with E-state index in [1.807, 2.05) is 42.7 Å². The lowest BCUT2D eigenvalue weighted by atomic mass is 9.97. The number of aromatic amines is 1. The maximum Gasteiger partial charge on any atom is 0.228 e. The largest absolute Gasteiger partial charge is 0.348 e. The number of rotatable bonds is 5. The van der Waals surface area contributed by atoms with Crippen LogP contribution in [-0.2, 0) is 6.42 Å². The van der Waals surface area contributed by atoms with E-state index in [2.05, 4.69) is 25.0 Å². The van der Waals surface area contributed by atoms with Crippen LogP contribution in [-0.4, -0.2) is 44.6 Å². The Morgan fingerprint density at radius 2 is 2.17 bits per heavy atom. The Kier molecular flexibility index (Phi) is 4.38. The number of benzene rings is 1. The van der Waals surface area contributed by atoms with Gasteiger partial charge in [-0.05, 0) is 19.4 Å². The van der Waals surface area contributed by atoms with Gasteiger partial charge in [0.15, 0.2) is 0 Å². The van der Waals surface area contributed by atoms with Gasteiger partial charge in [0.2, 0.25) is 11.7 Å². The Morgan fingerprint density at radius 3 is 3.00 bits per heavy atom. The van der Waals surface area contributed by atoms with Crippen LogP contribution in [0.3, 0.4) is 0 Å². The fraction of sp³-hybridized carbons (Fsp3) is 0.389. The average molecular weight is 323 g/mol. The molecule has 124 valence electrons. The summed E-state index contributed by atoms with van der Waals surface area (Å²) >= 11 is 0. The average Bonchev–Trinajstić information content (AvgIpc) is 3.33. The molecule has 1 unspecified atom stereocenters. The SMILES string of the molecule is c1ccc(-c2noc(CCN3CCCC(c4ncc[nH]4)C3)n2)cc1. The van der Waals surface area contributed by atoms with Crippen LogP contribution in [0.5, 0.6) is 0 Å². The van der Waals surface area contributed by atoms with Crippen LogP contribution in [0, 0.1) is 0 Å². The summed E-state index contributed by atoms with van der Waals surface area (Å²) in [6.45, 7) is 3.09. The van der Waals surface area contributed by atoms with E-state index in [-0.39, 0.29) is 0 Å². The number of nitrogens with zero attached hydrogens (tertiary/aromatic N) is 4. The predicted molar refractivity (Wildman–Crippen MR) is 90.4 cm³/mol. The van der Waals surface area contributed by atoms with E-state index in [1.165, 1.54) is 12.8 Å². The van der Waals surface area contributed by atoms with E-state index in [9.17, 15) is 0 Å². The Hall–Kier alpha value is -2.47. The standard InChI is InChI=1S/C18H21N5O/c1-2-5-14(6-3-1)18-21-16(24-22-18)8-12-23-11-4-7-15(13-23)17-19-9-10-20-17/h1-3,5-6,9-10,15H,4,7-8,11-13H2,(H,19,20). The Labute approximate surface area is 140 Å². The van der Waals surface area contributed by atoms with Crippen molar-refractivity contribution in [1.82, 2.24) is 25.0 Å². The summed E-state index contributed by atoms with van der Waals surface area (Å²) in [5, 5.41) is 4.09. The molecular formula is C18H21N5O. The van der Waals surface area contributed by atoms with Crippen molar-refractivity contribution in [3.8, 4) is 11.4 Å². The lowest BCUT2D eigenvalue weighted by Gasteiger charge is -2.31. The molecule has 4 rings (SSSR count). The highest BCUT2D eigenvalue weighted by atomic mass is 16.5. The summed E-state index contributed by atoms with van der Waals surface area (Å²) in [6, 6.07) is 9.93. The first-order valence-electron chi connectivity index (χ1n) is 8.48. The second-order valence-electron chi connectivity index (χ2n) is 6.24. The molecule has 0 radical (unpaired) electrons. The number of likely N-dealkylation sites (tertiary alicyclic amines) is 1. The zero-order valence-corrected chi connectivity index (χ0v) is 13.6. The first-order valence-corrected chi connectivity index (χ1v) is 8.48. The molecular weight excluding hydrogens is 302 g/mol. The lowest BCUT2D eigenvalue weighted by molar-refractivity contribution is 0.200. The van der Waals surface area contributed by atoms with Crippen LogP contribution in [0.2, 0.25) is 0 Å². The van der Waals surface area contributed by atoms with Crippen LogP contribution in [0.25, 0.3) is 11.4 Å². The fourth-order valence-electron chi connectivity index (χ4n) is 3.30. The van der Waals surface area contributed by atoms with Crippen molar-refractivity contribution in [1.29, 1.82) is 0 Å². The monoisotopic (exact) mass is 323 g/mol. The van der Waals surface area contributed by atoms with Gasteiger partial charge in [-0.25, -0.2) is 4.98 Å². The van der Waals surface area contributed by atoms with Crippen LogP contribution in [0.1, 0.15) is 30.5 Å². The van der Waals surface area contributed by atoms with Gasteiger partial charge in [-0.2, -0.15) is 4.98 Å². The van der Waals surface area contributed by atoms with E-state index >= 15 is 0 Å². The number of aromatic nitrogens is 4. The van der Waals surface area contributed by atoms with Crippen LogP contribution in [0.4, 0.5) is 0 Å². The molecule has 2 aromatic heterocycles. The lowest BCUT2D eigenvalue weighted by Crippen LogP contribution is -2.36. The van der Waals surface area contributed by atoms with Crippen molar-refractivity contribution in [3.05, 3.63) is 54.4 Å². The van der Waals surface area contributed by atoms with Gasteiger partial charge in [-0.1, -0.05) is 35.5 Å². The minimum Gasteiger partial charge on any atom is -0.348 e. The molecule has 1 N–H and O–H groups in total. The minimum atomic E-state index is 0.497. The van der Waals surface area contributed by atoms with Crippen molar-refractivity contribution in [3.63, 3.8) is 0 Å². The summed E-state index contributed by atoms with van der Waals surface area (Å²) in [6.07, 6.45) is 6.91. The molecule has 0 amide bonds. The van der Waals surface area contributed by atoms with Crippen molar-refractivity contribution in [2.24, 2.45) is 0 Å². The van der Waals surface area contributed by atoms with Crippen molar-refractivity contribution >= 4 is 0 Å². The third-order valence-electron chi connectivity index (χ3n) is 4.55. The van der Waals surface area contributed by atoms with Gasteiger partial charge in [0.1, 0.15) is 5.82 Å². The minimum absolute atomic E-state index is 0.497. The number of hydrogen-bond acceptors (Lipinski definition) is 5. The van der Waals surface area contributed by atoms with Crippen molar-refractivity contribution in [2.45, 2.75) is 25.2 Å². The first-order chi connectivity index (χ1) is 11.9. The quantitative estimate of drug-likeness (QED) is 0.782. The summed E-state index contributed by atoms with van der Waals surface area (Å²) in [7, 11) is 0. The zero-order chi connectivity index (χ0) is 16.2. The Morgan fingerprint density at radius 1 is 1.25 bits per heavy atom. The Balaban J connectivity index is 1.34. The molecule has 0 aliphatic carbocycles. The number of imidazole rings is 1. The topological polar surface area (TPSA) is 70.8 Å². The summed E-state index contributed by atoms with van der Waals surface area (Å²) in [4.78, 5) is 14.6. The maximum absolute atomic E-state index is 5.40. The maximum atomic E-state index is 5.40. The Bertz CT molecular complexity index is 753. The third-order valence-corrected chi connectivity index (χ3v) is 4.55. The van der Waals surface area contributed by atoms with E-state index < -0.39 is 0 Å². The van der Waals surface area contributed by atoms with Gasteiger partial charge in [0, 0.05) is 43.4 Å². The second-order valence-corrected chi connectivity index (χ2v) is 6.24. The van der Waals surface area contributed by atoms with Gasteiger partial charge in [0.05, 0.1) is 0 Å². The zero-order valence-electron chi connectivity index (χ0n) is 13.6. The van der Waals surface area contributed by atoms with Crippen LogP contribution in [0.15, 0.2) is 47.2 Å². The molecule has 3 heterocycles.